The minimum atomic E-state index is 0.235. The second-order valence-corrected chi connectivity index (χ2v) is 7.24. The van der Waals surface area contributed by atoms with E-state index in [-0.39, 0.29) is 6.10 Å². The predicted octanol–water partition coefficient (Wildman–Crippen LogP) is 5.09. The number of rotatable bonds is 6. The first-order valence-corrected chi connectivity index (χ1v) is 9.82. The number of aromatic nitrogens is 2. The summed E-state index contributed by atoms with van der Waals surface area (Å²) in [5.74, 6) is 1.40. The molecule has 5 heteroatoms. The summed E-state index contributed by atoms with van der Waals surface area (Å²) in [4.78, 5) is 9.44. The molecule has 1 fully saturated rings. The third-order valence-corrected chi connectivity index (χ3v) is 5.04. The van der Waals surface area contributed by atoms with Crippen molar-refractivity contribution >= 4 is 17.5 Å². The van der Waals surface area contributed by atoms with Crippen molar-refractivity contribution in [1.29, 1.82) is 0 Å². The summed E-state index contributed by atoms with van der Waals surface area (Å²) in [6, 6.07) is 18.5. The first-order valence-electron chi connectivity index (χ1n) is 9.82. The molecule has 1 aliphatic rings. The van der Waals surface area contributed by atoms with Crippen molar-refractivity contribution in [3.63, 3.8) is 0 Å². The molecular formula is C23H26N4O. The highest BCUT2D eigenvalue weighted by molar-refractivity contribution is 5.70. The molecule has 0 aliphatic carbocycles. The second-order valence-electron chi connectivity index (χ2n) is 7.24. The zero-order valence-corrected chi connectivity index (χ0v) is 16.4. The van der Waals surface area contributed by atoms with E-state index in [4.69, 9.17) is 14.7 Å². The summed E-state index contributed by atoms with van der Waals surface area (Å²) >= 11 is 0. The summed E-state index contributed by atoms with van der Waals surface area (Å²) in [6.07, 6.45) is 2.44. The lowest BCUT2D eigenvalue weighted by Crippen LogP contribution is -2.20. The molecule has 5 nitrogen and oxygen atoms in total. The molecule has 2 N–H and O–H groups in total. The van der Waals surface area contributed by atoms with Gasteiger partial charge in [-0.15, -0.1) is 0 Å². The first kappa shape index (κ1) is 18.4. The Hall–Kier alpha value is -2.92. The summed E-state index contributed by atoms with van der Waals surface area (Å²) in [6.45, 7) is 5.77. The minimum Gasteiger partial charge on any atom is -0.376 e. The monoisotopic (exact) mass is 374 g/mol. The Kier molecular flexibility index (Phi) is 5.53. The smallest absolute Gasteiger partial charge is 0.225 e. The lowest BCUT2D eigenvalue weighted by atomic mass is 10.1. The molecule has 0 radical (unpaired) electrons. The standard InChI is InChI=1S/C23H26N4O/c1-16-8-6-9-17(2)22(16)26-21-14-20(18-10-4-3-5-11-18)25-23(27-21)24-15-19-12-7-13-28-19/h3-6,8-11,14,19H,7,12-13,15H2,1-2H3,(H2,24,25,26,27). The van der Waals surface area contributed by atoms with E-state index in [1.54, 1.807) is 0 Å². The minimum absolute atomic E-state index is 0.235. The van der Waals surface area contributed by atoms with Gasteiger partial charge in [0.2, 0.25) is 5.95 Å². The molecule has 1 aliphatic heterocycles. The van der Waals surface area contributed by atoms with Crippen molar-refractivity contribution in [2.75, 3.05) is 23.8 Å². The molecule has 0 bridgehead atoms. The number of anilines is 3. The van der Waals surface area contributed by atoms with Gasteiger partial charge in [-0.3, -0.25) is 0 Å². The van der Waals surface area contributed by atoms with E-state index in [2.05, 4.69) is 54.8 Å². The average molecular weight is 374 g/mol. The van der Waals surface area contributed by atoms with Gasteiger partial charge < -0.3 is 15.4 Å². The largest absolute Gasteiger partial charge is 0.376 e. The van der Waals surface area contributed by atoms with Gasteiger partial charge in [0.15, 0.2) is 0 Å². The van der Waals surface area contributed by atoms with Crippen LogP contribution in [0.5, 0.6) is 0 Å². The molecular weight excluding hydrogens is 348 g/mol. The van der Waals surface area contributed by atoms with Crippen LogP contribution in [0.2, 0.25) is 0 Å². The van der Waals surface area contributed by atoms with E-state index in [1.165, 1.54) is 11.1 Å². The molecule has 0 amide bonds. The normalized spacial score (nSPS) is 16.1. The summed E-state index contributed by atoms with van der Waals surface area (Å²) in [5, 5.41) is 6.86. The van der Waals surface area contributed by atoms with Gasteiger partial charge in [-0.1, -0.05) is 48.5 Å². The number of hydrogen-bond donors (Lipinski definition) is 2. The van der Waals surface area contributed by atoms with Gasteiger partial charge in [0.25, 0.3) is 0 Å². The van der Waals surface area contributed by atoms with Crippen LogP contribution in [-0.2, 0) is 4.74 Å². The van der Waals surface area contributed by atoms with Crippen LogP contribution in [0.3, 0.4) is 0 Å². The average Bonchev–Trinajstić information content (AvgIpc) is 3.24. The number of nitrogens with one attached hydrogen (secondary N) is 2. The Morgan fingerprint density at radius 2 is 1.79 bits per heavy atom. The van der Waals surface area contributed by atoms with Crippen LogP contribution < -0.4 is 10.6 Å². The number of ether oxygens (including phenoxy) is 1. The quantitative estimate of drug-likeness (QED) is 0.629. The van der Waals surface area contributed by atoms with E-state index in [0.717, 1.165) is 48.8 Å². The Bertz CT molecular complexity index is 916. The maximum Gasteiger partial charge on any atom is 0.225 e. The van der Waals surface area contributed by atoms with E-state index < -0.39 is 0 Å². The number of hydrogen-bond acceptors (Lipinski definition) is 5. The van der Waals surface area contributed by atoms with Crippen molar-refractivity contribution in [3.8, 4) is 11.3 Å². The molecule has 28 heavy (non-hydrogen) atoms. The molecule has 1 aromatic heterocycles. The molecule has 144 valence electrons. The Labute approximate surface area is 166 Å². The Morgan fingerprint density at radius 1 is 1.00 bits per heavy atom. The van der Waals surface area contributed by atoms with Gasteiger partial charge in [0, 0.05) is 30.5 Å². The van der Waals surface area contributed by atoms with Crippen LogP contribution >= 0.6 is 0 Å². The van der Waals surface area contributed by atoms with E-state index in [1.807, 2.05) is 24.3 Å². The third kappa shape index (κ3) is 4.31. The fraction of sp³-hybridized carbons (Fsp3) is 0.304. The number of para-hydroxylation sites is 1. The van der Waals surface area contributed by atoms with Crippen LogP contribution in [0.15, 0.2) is 54.6 Å². The highest BCUT2D eigenvalue weighted by atomic mass is 16.5. The molecule has 1 unspecified atom stereocenters. The SMILES string of the molecule is Cc1cccc(C)c1Nc1cc(-c2ccccc2)nc(NCC2CCCO2)n1. The summed E-state index contributed by atoms with van der Waals surface area (Å²) in [5.41, 5.74) is 5.42. The van der Waals surface area contributed by atoms with Crippen molar-refractivity contribution in [2.45, 2.75) is 32.8 Å². The summed E-state index contributed by atoms with van der Waals surface area (Å²) < 4.78 is 5.71. The fourth-order valence-electron chi connectivity index (χ4n) is 3.50. The van der Waals surface area contributed by atoms with Crippen molar-refractivity contribution in [1.82, 2.24) is 9.97 Å². The first-order chi connectivity index (χ1) is 13.7. The molecule has 1 atom stereocenters. The van der Waals surface area contributed by atoms with Gasteiger partial charge >= 0.3 is 0 Å². The fourth-order valence-corrected chi connectivity index (χ4v) is 3.50. The van der Waals surface area contributed by atoms with Gasteiger partial charge in [-0.2, -0.15) is 4.98 Å². The lowest BCUT2D eigenvalue weighted by Gasteiger charge is -2.15. The van der Waals surface area contributed by atoms with Gasteiger partial charge in [-0.05, 0) is 37.8 Å². The summed E-state index contributed by atoms with van der Waals surface area (Å²) in [7, 11) is 0. The predicted molar refractivity (Wildman–Crippen MR) is 114 cm³/mol. The number of benzene rings is 2. The topological polar surface area (TPSA) is 59.1 Å². The molecule has 0 spiro atoms. The second kappa shape index (κ2) is 8.40. The molecule has 0 saturated carbocycles. The Morgan fingerprint density at radius 3 is 2.50 bits per heavy atom. The maximum absolute atomic E-state index is 5.71. The number of nitrogens with zero attached hydrogens (tertiary/aromatic N) is 2. The zero-order valence-electron chi connectivity index (χ0n) is 16.4. The van der Waals surface area contributed by atoms with Crippen LogP contribution in [0.1, 0.15) is 24.0 Å². The van der Waals surface area contributed by atoms with E-state index in [0.29, 0.717) is 5.95 Å². The lowest BCUT2D eigenvalue weighted by molar-refractivity contribution is 0.120. The van der Waals surface area contributed by atoms with Crippen molar-refractivity contribution in [2.24, 2.45) is 0 Å². The van der Waals surface area contributed by atoms with Crippen LogP contribution in [0.4, 0.5) is 17.5 Å². The molecule has 3 aromatic rings. The molecule has 2 heterocycles. The maximum atomic E-state index is 5.71. The zero-order chi connectivity index (χ0) is 19.3. The van der Waals surface area contributed by atoms with Gasteiger partial charge in [-0.25, -0.2) is 4.98 Å². The molecule has 2 aromatic carbocycles. The highest BCUT2D eigenvalue weighted by Crippen LogP contribution is 2.27. The third-order valence-electron chi connectivity index (χ3n) is 5.04. The van der Waals surface area contributed by atoms with Gasteiger partial charge in [0.1, 0.15) is 5.82 Å². The molecule has 4 rings (SSSR count). The van der Waals surface area contributed by atoms with E-state index in [9.17, 15) is 0 Å². The van der Waals surface area contributed by atoms with Crippen LogP contribution in [0.25, 0.3) is 11.3 Å². The number of aryl methyl sites for hydroxylation is 2. The van der Waals surface area contributed by atoms with E-state index >= 15 is 0 Å². The Balaban J connectivity index is 1.65. The van der Waals surface area contributed by atoms with Crippen molar-refractivity contribution < 1.29 is 4.74 Å². The van der Waals surface area contributed by atoms with Crippen LogP contribution in [-0.4, -0.2) is 29.2 Å². The highest BCUT2D eigenvalue weighted by Gasteiger charge is 2.16. The molecule has 1 saturated heterocycles. The van der Waals surface area contributed by atoms with Gasteiger partial charge in [0.05, 0.1) is 11.8 Å². The van der Waals surface area contributed by atoms with Crippen LogP contribution in [0, 0.1) is 13.8 Å². The van der Waals surface area contributed by atoms with Crippen molar-refractivity contribution in [3.05, 3.63) is 65.7 Å².